The fourth-order valence-electron chi connectivity index (χ4n) is 2.97. The minimum Gasteiger partial charge on any atom is -0.306 e. The Hall–Kier alpha value is -0.780. The molecule has 0 bridgehead atoms. The van der Waals surface area contributed by atoms with Gasteiger partial charge in [-0.1, -0.05) is 23.7 Å². The highest BCUT2D eigenvalue weighted by Gasteiger charge is 2.29. The van der Waals surface area contributed by atoms with Crippen LogP contribution >= 0.6 is 11.6 Å². The molecule has 0 spiro atoms. The van der Waals surface area contributed by atoms with E-state index in [2.05, 4.69) is 10.2 Å². The lowest BCUT2D eigenvalue weighted by molar-refractivity contribution is -0.126. The lowest BCUT2D eigenvalue weighted by atomic mass is 10.00. The zero-order valence-corrected chi connectivity index (χ0v) is 13.4. The molecule has 1 saturated heterocycles. The van der Waals surface area contributed by atoms with E-state index in [9.17, 15) is 13.2 Å². The Labute approximate surface area is 134 Å². The monoisotopic (exact) mass is 334 g/mol. The fraction of sp³-hybridized carbons (Fsp3) is 0.625. The lowest BCUT2D eigenvalue weighted by Crippen LogP contribution is -2.36. The van der Waals surface area contributed by atoms with Crippen molar-refractivity contribution in [3.8, 4) is 0 Å². The Balaban J connectivity index is 1.72. The summed E-state index contributed by atoms with van der Waals surface area (Å²) in [6, 6.07) is 7.69. The average Bonchev–Trinajstić information content (AvgIpc) is 2.86. The van der Waals surface area contributed by atoms with Gasteiger partial charge in [0.15, 0.2) is 0 Å². The third-order valence-electron chi connectivity index (χ3n) is 4.03. The molecular weight excluding hydrogens is 313 g/mol. The Morgan fingerprint density at radius 2 is 2.00 bits per heavy atom. The molecule has 0 aliphatic carbocycles. The van der Waals surface area contributed by atoms with Gasteiger partial charge in [0.2, 0.25) is 0 Å². The molecule has 1 fully saturated rings. The van der Waals surface area contributed by atoms with Gasteiger partial charge in [-0.3, -0.25) is 4.90 Å². The second-order valence-corrected chi connectivity index (χ2v) is 6.59. The largest absolute Gasteiger partial charge is 0.401 e. The minimum atomic E-state index is -4.13. The zero-order valence-electron chi connectivity index (χ0n) is 12.7. The maximum absolute atomic E-state index is 12.2. The molecule has 0 amide bonds. The first-order valence-corrected chi connectivity index (χ1v) is 7.96. The van der Waals surface area contributed by atoms with Gasteiger partial charge in [-0.2, -0.15) is 13.2 Å². The van der Waals surface area contributed by atoms with Crippen LogP contribution in [0, 0.1) is 5.92 Å². The third kappa shape index (κ3) is 6.15. The summed E-state index contributed by atoms with van der Waals surface area (Å²) in [6.45, 7) is 3.74. The van der Waals surface area contributed by atoms with Crippen LogP contribution < -0.4 is 5.32 Å². The maximum Gasteiger partial charge on any atom is 0.401 e. The number of halogens is 4. The van der Waals surface area contributed by atoms with Crippen LogP contribution in [0.5, 0.6) is 0 Å². The van der Waals surface area contributed by atoms with Gasteiger partial charge in [0.25, 0.3) is 0 Å². The van der Waals surface area contributed by atoms with Crippen molar-refractivity contribution < 1.29 is 13.2 Å². The highest BCUT2D eigenvalue weighted by atomic mass is 35.5. The normalized spacial score (nSPS) is 21.2. The maximum atomic E-state index is 12.2. The summed E-state index contributed by atoms with van der Waals surface area (Å²) < 4.78 is 36.5. The quantitative estimate of drug-likeness (QED) is 0.843. The summed E-state index contributed by atoms with van der Waals surface area (Å²) >= 11 is 5.87. The van der Waals surface area contributed by atoms with Crippen molar-refractivity contribution in [1.29, 1.82) is 0 Å². The number of nitrogens with zero attached hydrogens (tertiary/aromatic N) is 1. The summed E-state index contributed by atoms with van der Waals surface area (Å²) in [5.41, 5.74) is 1.22. The molecule has 2 rings (SSSR count). The van der Waals surface area contributed by atoms with E-state index in [1.807, 2.05) is 31.2 Å². The molecule has 0 saturated carbocycles. The number of rotatable bonds is 6. The summed E-state index contributed by atoms with van der Waals surface area (Å²) in [5, 5.41) is 3.29. The van der Waals surface area contributed by atoms with E-state index < -0.39 is 12.7 Å². The molecule has 124 valence electrons. The molecule has 6 heteroatoms. The number of nitrogens with one attached hydrogen (secondary N) is 1. The minimum absolute atomic E-state index is 0.109. The van der Waals surface area contributed by atoms with Crippen molar-refractivity contribution in [2.24, 2.45) is 5.92 Å². The molecule has 1 aromatic rings. The van der Waals surface area contributed by atoms with Gasteiger partial charge in [-0.05, 0) is 49.9 Å². The van der Waals surface area contributed by atoms with E-state index in [0.717, 1.165) is 37.5 Å². The van der Waals surface area contributed by atoms with Crippen molar-refractivity contribution >= 4 is 11.6 Å². The molecule has 22 heavy (non-hydrogen) atoms. The second kappa shape index (κ2) is 7.66. The van der Waals surface area contributed by atoms with Crippen LogP contribution in [0.25, 0.3) is 0 Å². The molecule has 1 aromatic carbocycles. The van der Waals surface area contributed by atoms with Crippen molar-refractivity contribution in [3.63, 3.8) is 0 Å². The molecular formula is C16H22ClF3N2. The first-order chi connectivity index (χ1) is 10.3. The summed E-state index contributed by atoms with van der Waals surface area (Å²) in [4.78, 5) is 2.35. The van der Waals surface area contributed by atoms with Crippen LogP contribution in [0.4, 0.5) is 13.2 Å². The van der Waals surface area contributed by atoms with Crippen LogP contribution in [0.3, 0.4) is 0 Å². The molecule has 1 N–H and O–H groups in total. The van der Waals surface area contributed by atoms with Crippen LogP contribution in [0.2, 0.25) is 5.02 Å². The lowest BCUT2D eigenvalue weighted by Gasteiger charge is -2.20. The molecule has 0 aromatic heterocycles. The van der Waals surface area contributed by atoms with E-state index >= 15 is 0 Å². The first kappa shape index (κ1) is 17.6. The molecule has 2 unspecified atom stereocenters. The van der Waals surface area contributed by atoms with E-state index in [0.29, 0.717) is 5.92 Å². The number of alkyl halides is 3. The second-order valence-electron chi connectivity index (χ2n) is 6.15. The van der Waals surface area contributed by atoms with Gasteiger partial charge >= 0.3 is 6.18 Å². The number of likely N-dealkylation sites (tertiary alicyclic amines) is 1. The van der Waals surface area contributed by atoms with Crippen molar-refractivity contribution in [2.45, 2.75) is 38.5 Å². The van der Waals surface area contributed by atoms with Crippen LogP contribution in [0.15, 0.2) is 24.3 Å². The molecule has 1 heterocycles. The van der Waals surface area contributed by atoms with E-state index in [-0.39, 0.29) is 6.04 Å². The van der Waals surface area contributed by atoms with Crippen LogP contribution in [-0.2, 0) is 6.54 Å². The highest BCUT2D eigenvalue weighted by molar-refractivity contribution is 6.30. The van der Waals surface area contributed by atoms with Crippen molar-refractivity contribution in [1.82, 2.24) is 10.2 Å². The predicted molar refractivity (Wildman–Crippen MR) is 83.0 cm³/mol. The standard InChI is InChI=1S/C16H22ClF3N2/c1-12(21-11-16(18,19)20)8-14-6-7-22(10-14)9-13-2-4-15(17)5-3-13/h2-5,12,14,21H,6-11H2,1H3. The average molecular weight is 335 g/mol. The number of hydrogen-bond donors (Lipinski definition) is 1. The predicted octanol–water partition coefficient (Wildman–Crippen LogP) is 4.09. The van der Waals surface area contributed by atoms with Crippen molar-refractivity contribution in [2.75, 3.05) is 19.6 Å². The number of hydrogen-bond acceptors (Lipinski definition) is 2. The Bertz CT molecular complexity index is 461. The molecule has 1 aliphatic heterocycles. The summed E-state index contributed by atoms with van der Waals surface area (Å²) in [7, 11) is 0. The first-order valence-electron chi connectivity index (χ1n) is 7.59. The molecule has 0 radical (unpaired) electrons. The van der Waals surface area contributed by atoms with E-state index in [4.69, 9.17) is 11.6 Å². The fourth-order valence-corrected chi connectivity index (χ4v) is 3.10. The van der Waals surface area contributed by atoms with E-state index in [1.165, 1.54) is 5.56 Å². The Morgan fingerprint density at radius 3 is 2.64 bits per heavy atom. The van der Waals surface area contributed by atoms with Gasteiger partial charge in [-0.15, -0.1) is 0 Å². The van der Waals surface area contributed by atoms with Crippen molar-refractivity contribution in [3.05, 3.63) is 34.9 Å². The zero-order chi connectivity index (χ0) is 16.2. The smallest absolute Gasteiger partial charge is 0.306 e. The molecule has 2 atom stereocenters. The van der Waals surface area contributed by atoms with Gasteiger partial charge in [0.05, 0.1) is 6.54 Å². The summed E-state index contributed by atoms with van der Waals surface area (Å²) in [6.07, 6.45) is -2.30. The van der Waals surface area contributed by atoms with Crippen LogP contribution in [0.1, 0.15) is 25.3 Å². The van der Waals surface area contributed by atoms with E-state index in [1.54, 1.807) is 0 Å². The molecule has 2 nitrogen and oxygen atoms in total. The van der Waals surface area contributed by atoms with Gasteiger partial charge < -0.3 is 5.32 Å². The molecule has 1 aliphatic rings. The van der Waals surface area contributed by atoms with Gasteiger partial charge in [0.1, 0.15) is 0 Å². The number of benzene rings is 1. The Kier molecular flexibility index (Phi) is 6.12. The third-order valence-corrected chi connectivity index (χ3v) is 4.28. The highest BCUT2D eigenvalue weighted by Crippen LogP contribution is 2.23. The Morgan fingerprint density at radius 1 is 1.32 bits per heavy atom. The SMILES string of the molecule is CC(CC1CCN(Cc2ccc(Cl)cc2)C1)NCC(F)(F)F. The van der Waals surface area contributed by atoms with Gasteiger partial charge in [-0.25, -0.2) is 0 Å². The topological polar surface area (TPSA) is 15.3 Å². The van der Waals surface area contributed by atoms with Crippen LogP contribution in [-0.4, -0.2) is 36.8 Å². The summed E-state index contributed by atoms with van der Waals surface area (Å²) in [5.74, 6) is 0.461. The van der Waals surface area contributed by atoms with Gasteiger partial charge in [0, 0.05) is 24.2 Å².